The zero-order chi connectivity index (χ0) is 21.1. The Morgan fingerprint density at radius 1 is 1.10 bits per heavy atom. The van der Waals surface area contributed by atoms with Gasteiger partial charge in [-0.2, -0.15) is 0 Å². The predicted molar refractivity (Wildman–Crippen MR) is 115 cm³/mol. The van der Waals surface area contributed by atoms with Gasteiger partial charge >= 0.3 is 6.03 Å². The van der Waals surface area contributed by atoms with Crippen LogP contribution in [-0.2, 0) is 23.1 Å². The third-order valence-electron chi connectivity index (χ3n) is 5.40. The maximum absolute atomic E-state index is 12.6. The molecule has 4 amide bonds. The summed E-state index contributed by atoms with van der Waals surface area (Å²) in [4.78, 5) is 38.3. The number of benzene rings is 2. The molecule has 1 aromatic heterocycles. The standard InChI is InChI=1S/C23H24N4O3/c1-26-13-12-17-15-18(7-9-20(17)26)24-21(28)10-8-19-22(29)27(23(30)25-19)14-11-16-5-3-2-4-6-16/h2-7,9,12-13,15,19H,8,10-11,14H2,1H3,(H,24,28)(H,25,30)/t19-/m0/s1. The first-order valence-corrected chi connectivity index (χ1v) is 10.0. The number of amides is 4. The average molecular weight is 404 g/mol. The van der Waals surface area contributed by atoms with Gasteiger partial charge in [0.2, 0.25) is 5.91 Å². The summed E-state index contributed by atoms with van der Waals surface area (Å²) < 4.78 is 2.01. The lowest BCUT2D eigenvalue weighted by Gasteiger charge is -2.13. The predicted octanol–water partition coefficient (Wildman–Crippen LogP) is 3.06. The third-order valence-corrected chi connectivity index (χ3v) is 5.40. The Labute approximate surface area is 174 Å². The third kappa shape index (κ3) is 4.20. The Balaban J connectivity index is 1.29. The van der Waals surface area contributed by atoms with Crippen molar-refractivity contribution in [3.05, 3.63) is 66.4 Å². The van der Waals surface area contributed by atoms with Crippen LogP contribution in [0.15, 0.2) is 60.8 Å². The van der Waals surface area contributed by atoms with Gasteiger partial charge in [0.15, 0.2) is 0 Å². The molecule has 1 aliphatic heterocycles. The first kappa shape index (κ1) is 19.7. The maximum atomic E-state index is 12.6. The van der Waals surface area contributed by atoms with Crippen molar-refractivity contribution in [2.75, 3.05) is 11.9 Å². The summed E-state index contributed by atoms with van der Waals surface area (Å²) in [6.07, 6.45) is 2.99. The molecule has 0 spiro atoms. The van der Waals surface area contributed by atoms with Gasteiger partial charge in [-0.25, -0.2) is 4.79 Å². The Bertz CT molecular complexity index is 1090. The molecule has 154 valence electrons. The molecule has 3 aromatic rings. The van der Waals surface area contributed by atoms with Crippen LogP contribution in [0, 0.1) is 0 Å². The van der Waals surface area contributed by atoms with E-state index in [1.54, 1.807) is 0 Å². The fourth-order valence-corrected chi connectivity index (χ4v) is 3.73. The van der Waals surface area contributed by atoms with Crippen LogP contribution in [-0.4, -0.2) is 39.9 Å². The zero-order valence-electron chi connectivity index (χ0n) is 16.8. The van der Waals surface area contributed by atoms with E-state index in [-0.39, 0.29) is 24.7 Å². The number of hydrogen-bond acceptors (Lipinski definition) is 3. The van der Waals surface area contributed by atoms with E-state index in [0.717, 1.165) is 16.5 Å². The van der Waals surface area contributed by atoms with Crippen molar-refractivity contribution in [1.29, 1.82) is 0 Å². The van der Waals surface area contributed by atoms with Gasteiger partial charge in [-0.05, 0) is 42.7 Å². The summed E-state index contributed by atoms with van der Waals surface area (Å²) in [6, 6.07) is 16.4. The fraction of sp³-hybridized carbons (Fsp3) is 0.261. The van der Waals surface area contributed by atoms with Crippen LogP contribution in [0.4, 0.5) is 10.5 Å². The summed E-state index contributed by atoms with van der Waals surface area (Å²) in [5.41, 5.74) is 2.86. The topological polar surface area (TPSA) is 83.4 Å². The van der Waals surface area contributed by atoms with Crippen LogP contribution in [0.1, 0.15) is 18.4 Å². The summed E-state index contributed by atoms with van der Waals surface area (Å²) in [5, 5.41) is 6.60. The minimum Gasteiger partial charge on any atom is -0.351 e. The summed E-state index contributed by atoms with van der Waals surface area (Å²) >= 11 is 0. The molecule has 30 heavy (non-hydrogen) atoms. The number of hydrogen-bond donors (Lipinski definition) is 2. The highest BCUT2D eigenvalue weighted by atomic mass is 16.2. The Morgan fingerprint density at radius 3 is 2.70 bits per heavy atom. The molecular formula is C23H24N4O3. The monoisotopic (exact) mass is 404 g/mol. The largest absolute Gasteiger partial charge is 0.351 e. The number of fused-ring (bicyclic) bond motifs is 1. The molecule has 1 saturated heterocycles. The molecule has 1 atom stereocenters. The second-order valence-corrected chi connectivity index (χ2v) is 7.51. The molecule has 0 aliphatic carbocycles. The molecule has 2 heterocycles. The van der Waals surface area contributed by atoms with Crippen LogP contribution in [0.3, 0.4) is 0 Å². The van der Waals surface area contributed by atoms with Crippen molar-refractivity contribution >= 4 is 34.4 Å². The lowest BCUT2D eigenvalue weighted by molar-refractivity contribution is -0.127. The van der Waals surface area contributed by atoms with Crippen molar-refractivity contribution < 1.29 is 14.4 Å². The van der Waals surface area contributed by atoms with E-state index in [9.17, 15) is 14.4 Å². The summed E-state index contributed by atoms with van der Waals surface area (Å²) in [5.74, 6) is -0.454. The quantitative estimate of drug-likeness (QED) is 0.594. The van der Waals surface area contributed by atoms with E-state index in [1.807, 2.05) is 72.4 Å². The van der Waals surface area contributed by atoms with E-state index in [4.69, 9.17) is 0 Å². The normalized spacial score (nSPS) is 16.2. The van der Waals surface area contributed by atoms with Gasteiger partial charge in [-0.1, -0.05) is 30.3 Å². The van der Waals surface area contributed by atoms with Crippen molar-refractivity contribution in [3.8, 4) is 0 Å². The number of carbonyl (C=O) groups excluding carboxylic acids is 3. The molecule has 4 rings (SSSR count). The minimum absolute atomic E-state index is 0.149. The molecule has 7 nitrogen and oxygen atoms in total. The Hall–Kier alpha value is -3.61. The number of aryl methyl sites for hydroxylation is 1. The van der Waals surface area contributed by atoms with Crippen molar-refractivity contribution in [2.24, 2.45) is 7.05 Å². The number of imide groups is 1. The molecule has 1 aliphatic rings. The summed E-state index contributed by atoms with van der Waals surface area (Å²) in [7, 11) is 1.97. The van der Waals surface area contributed by atoms with Gasteiger partial charge in [0, 0.05) is 42.8 Å². The van der Waals surface area contributed by atoms with Crippen LogP contribution < -0.4 is 10.6 Å². The van der Waals surface area contributed by atoms with E-state index in [2.05, 4.69) is 10.6 Å². The average Bonchev–Trinajstić information content (AvgIpc) is 3.24. The summed E-state index contributed by atoms with van der Waals surface area (Å²) in [6.45, 7) is 0.328. The highest BCUT2D eigenvalue weighted by Crippen LogP contribution is 2.20. The number of carbonyl (C=O) groups is 3. The first-order valence-electron chi connectivity index (χ1n) is 10.0. The molecule has 1 fully saturated rings. The molecule has 0 radical (unpaired) electrons. The molecule has 0 saturated carbocycles. The number of rotatable bonds is 7. The zero-order valence-corrected chi connectivity index (χ0v) is 16.8. The number of aromatic nitrogens is 1. The van der Waals surface area contributed by atoms with E-state index in [0.29, 0.717) is 18.7 Å². The van der Waals surface area contributed by atoms with Crippen LogP contribution >= 0.6 is 0 Å². The van der Waals surface area contributed by atoms with Gasteiger partial charge in [0.05, 0.1) is 0 Å². The van der Waals surface area contributed by atoms with Gasteiger partial charge in [-0.3, -0.25) is 14.5 Å². The number of urea groups is 1. The van der Waals surface area contributed by atoms with E-state index >= 15 is 0 Å². The lowest BCUT2D eigenvalue weighted by Crippen LogP contribution is -2.33. The maximum Gasteiger partial charge on any atom is 0.324 e. The molecule has 7 heteroatoms. The van der Waals surface area contributed by atoms with Gasteiger partial charge in [0.25, 0.3) is 5.91 Å². The van der Waals surface area contributed by atoms with Gasteiger partial charge in [-0.15, -0.1) is 0 Å². The van der Waals surface area contributed by atoms with Crippen LogP contribution in [0.5, 0.6) is 0 Å². The second kappa shape index (κ2) is 8.41. The highest BCUT2D eigenvalue weighted by Gasteiger charge is 2.37. The lowest BCUT2D eigenvalue weighted by atomic mass is 10.1. The smallest absolute Gasteiger partial charge is 0.324 e. The van der Waals surface area contributed by atoms with E-state index < -0.39 is 12.1 Å². The van der Waals surface area contributed by atoms with Crippen molar-refractivity contribution in [1.82, 2.24) is 14.8 Å². The SMILES string of the molecule is Cn1ccc2cc(NC(=O)CC[C@@H]3NC(=O)N(CCc4ccccc4)C3=O)ccc21. The Kier molecular flexibility index (Phi) is 5.52. The molecular weight excluding hydrogens is 380 g/mol. The van der Waals surface area contributed by atoms with Crippen LogP contribution in [0.2, 0.25) is 0 Å². The van der Waals surface area contributed by atoms with Gasteiger partial charge in [0.1, 0.15) is 6.04 Å². The fourth-order valence-electron chi connectivity index (χ4n) is 3.73. The van der Waals surface area contributed by atoms with Crippen molar-refractivity contribution in [2.45, 2.75) is 25.3 Å². The first-order chi connectivity index (χ1) is 14.5. The Morgan fingerprint density at radius 2 is 1.90 bits per heavy atom. The minimum atomic E-state index is -0.657. The van der Waals surface area contributed by atoms with Crippen LogP contribution in [0.25, 0.3) is 10.9 Å². The molecule has 2 aromatic carbocycles. The van der Waals surface area contributed by atoms with E-state index in [1.165, 1.54) is 4.90 Å². The molecule has 0 bridgehead atoms. The molecule has 2 N–H and O–H groups in total. The van der Waals surface area contributed by atoms with Crippen molar-refractivity contribution in [3.63, 3.8) is 0 Å². The highest BCUT2D eigenvalue weighted by molar-refractivity contribution is 6.04. The van der Waals surface area contributed by atoms with Gasteiger partial charge < -0.3 is 15.2 Å². The number of nitrogens with zero attached hydrogens (tertiary/aromatic N) is 2. The molecule has 0 unspecified atom stereocenters. The number of nitrogens with one attached hydrogen (secondary N) is 2. The number of anilines is 1. The second-order valence-electron chi connectivity index (χ2n) is 7.51.